The summed E-state index contributed by atoms with van der Waals surface area (Å²) >= 11 is 1.60. The van der Waals surface area contributed by atoms with Gasteiger partial charge in [-0.05, 0) is 30.9 Å². The molecule has 2 heterocycles. The second-order valence-corrected chi connectivity index (χ2v) is 4.07. The highest BCUT2D eigenvalue weighted by molar-refractivity contribution is 7.17. The molecule has 0 amide bonds. The van der Waals surface area contributed by atoms with Crippen molar-refractivity contribution in [3.63, 3.8) is 0 Å². The second kappa shape index (κ2) is 3.13. The van der Waals surface area contributed by atoms with E-state index in [2.05, 4.69) is 5.38 Å². The standard InChI is InChI=1S/C10H11NO2S/c1-3-11-8(10(12)13)4-7-6(2)5-14-9(7)11/h4-5H,3H2,1-2H3,(H,12,13). The molecule has 0 fully saturated rings. The number of aromatic carboxylic acids is 1. The summed E-state index contributed by atoms with van der Waals surface area (Å²) in [5, 5.41) is 12.1. The number of carboxylic acid groups (broad SMARTS) is 1. The van der Waals surface area contributed by atoms with Gasteiger partial charge in [-0.2, -0.15) is 0 Å². The van der Waals surface area contributed by atoms with Crippen molar-refractivity contribution in [1.82, 2.24) is 4.57 Å². The summed E-state index contributed by atoms with van der Waals surface area (Å²) < 4.78 is 1.84. The Balaban J connectivity index is 2.78. The monoisotopic (exact) mass is 209 g/mol. The van der Waals surface area contributed by atoms with Gasteiger partial charge in [-0.15, -0.1) is 11.3 Å². The number of fused-ring (bicyclic) bond motifs is 1. The first-order valence-electron chi connectivity index (χ1n) is 4.45. The van der Waals surface area contributed by atoms with Crippen molar-refractivity contribution in [3.8, 4) is 0 Å². The Morgan fingerprint density at radius 3 is 2.93 bits per heavy atom. The van der Waals surface area contributed by atoms with Gasteiger partial charge >= 0.3 is 5.97 Å². The first-order valence-corrected chi connectivity index (χ1v) is 5.33. The van der Waals surface area contributed by atoms with Crippen LogP contribution < -0.4 is 0 Å². The molecule has 0 saturated heterocycles. The van der Waals surface area contributed by atoms with Crippen LogP contribution in [0.25, 0.3) is 10.2 Å². The highest BCUT2D eigenvalue weighted by atomic mass is 32.1. The Hall–Kier alpha value is -1.29. The molecule has 0 spiro atoms. The van der Waals surface area contributed by atoms with E-state index in [-0.39, 0.29) is 0 Å². The topological polar surface area (TPSA) is 42.2 Å². The number of rotatable bonds is 2. The number of thiophene rings is 1. The van der Waals surface area contributed by atoms with E-state index in [9.17, 15) is 4.79 Å². The average molecular weight is 209 g/mol. The zero-order valence-corrected chi connectivity index (χ0v) is 8.89. The van der Waals surface area contributed by atoms with Crippen LogP contribution in [0, 0.1) is 6.92 Å². The van der Waals surface area contributed by atoms with Gasteiger partial charge in [0.1, 0.15) is 10.5 Å². The van der Waals surface area contributed by atoms with Gasteiger partial charge in [-0.25, -0.2) is 4.79 Å². The van der Waals surface area contributed by atoms with E-state index < -0.39 is 5.97 Å². The molecule has 0 aromatic carbocycles. The second-order valence-electron chi connectivity index (χ2n) is 3.22. The highest BCUT2D eigenvalue weighted by Gasteiger charge is 2.15. The van der Waals surface area contributed by atoms with Crippen molar-refractivity contribution >= 4 is 27.5 Å². The van der Waals surface area contributed by atoms with Crippen LogP contribution in [0.3, 0.4) is 0 Å². The van der Waals surface area contributed by atoms with Crippen LogP contribution in [0.4, 0.5) is 0 Å². The molecular weight excluding hydrogens is 198 g/mol. The Kier molecular flexibility index (Phi) is 2.07. The largest absolute Gasteiger partial charge is 0.477 e. The first-order chi connectivity index (χ1) is 6.65. The van der Waals surface area contributed by atoms with Crippen LogP contribution in [0.1, 0.15) is 23.0 Å². The zero-order chi connectivity index (χ0) is 10.3. The minimum atomic E-state index is -0.852. The van der Waals surface area contributed by atoms with Gasteiger partial charge in [0.25, 0.3) is 0 Å². The van der Waals surface area contributed by atoms with E-state index >= 15 is 0 Å². The van der Waals surface area contributed by atoms with Crippen molar-refractivity contribution < 1.29 is 9.90 Å². The van der Waals surface area contributed by atoms with Gasteiger partial charge in [-0.3, -0.25) is 0 Å². The molecule has 0 saturated carbocycles. The fourth-order valence-corrected chi connectivity index (χ4v) is 2.76. The summed E-state index contributed by atoms with van der Waals surface area (Å²) in [6.07, 6.45) is 0. The van der Waals surface area contributed by atoms with Gasteiger partial charge < -0.3 is 9.67 Å². The molecule has 0 aliphatic rings. The van der Waals surface area contributed by atoms with E-state index in [4.69, 9.17) is 5.11 Å². The van der Waals surface area contributed by atoms with Crippen molar-refractivity contribution in [2.75, 3.05) is 0 Å². The molecule has 2 rings (SSSR count). The Morgan fingerprint density at radius 1 is 1.64 bits per heavy atom. The molecule has 0 atom stereocenters. The number of hydrogen-bond acceptors (Lipinski definition) is 2. The smallest absolute Gasteiger partial charge is 0.352 e. The predicted octanol–water partition coefficient (Wildman–Crippen LogP) is 2.73. The Bertz CT molecular complexity index is 495. The molecule has 2 aromatic heterocycles. The van der Waals surface area contributed by atoms with Gasteiger partial charge in [0.15, 0.2) is 0 Å². The Labute approximate surface area is 85.6 Å². The third-order valence-corrected chi connectivity index (χ3v) is 3.49. The lowest BCUT2D eigenvalue weighted by Crippen LogP contribution is -2.06. The van der Waals surface area contributed by atoms with E-state index in [1.807, 2.05) is 18.4 Å². The first kappa shape index (κ1) is 9.27. The zero-order valence-electron chi connectivity index (χ0n) is 8.07. The molecular formula is C10H11NO2S. The molecule has 0 aliphatic heterocycles. The van der Waals surface area contributed by atoms with E-state index in [0.29, 0.717) is 12.2 Å². The fraction of sp³-hybridized carbons (Fsp3) is 0.300. The lowest BCUT2D eigenvalue weighted by Gasteiger charge is -2.01. The van der Waals surface area contributed by atoms with Gasteiger partial charge in [-0.1, -0.05) is 0 Å². The fourth-order valence-electron chi connectivity index (χ4n) is 1.64. The van der Waals surface area contributed by atoms with Crippen molar-refractivity contribution in [3.05, 3.63) is 22.7 Å². The van der Waals surface area contributed by atoms with Crippen molar-refractivity contribution in [1.29, 1.82) is 0 Å². The molecule has 0 unspecified atom stereocenters. The predicted molar refractivity (Wildman–Crippen MR) is 57.2 cm³/mol. The average Bonchev–Trinajstić information content (AvgIpc) is 2.66. The molecule has 0 bridgehead atoms. The number of nitrogens with zero attached hydrogens (tertiary/aromatic N) is 1. The molecule has 2 aromatic rings. The summed E-state index contributed by atoms with van der Waals surface area (Å²) in [7, 11) is 0. The van der Waals surface area contributed by atoms with E-state index in [1.165, 1.54) is 0 Å². The maximum absolute atomic E-state index is 10.9. The SMILES string of the molecule is CCn1c(C(=O)O)cc2c(C)csc21. The van der Waals surface area contributed by atoms with Gasteiger partial charge in [0.2, 0.25) is 0 Å². The molecule has 74 valence electrons. The van der Waals surface area contributed by atoms with Crippen LogP contribution in [-0.4, -0.2) is 15.6 Å². The number of aryl methyl sites for hydroxylation is 2. The third-order valence-electron chi connectivity index (χ3n) is 2.35. The quantitative estimate of drug-likeness (QED) is 0.826. The minimum Gasteiger partial charge on any atom is -0.477 e. The van der Waals surface area contributed by atoms with Crippen LogP contribution in [0.15, 0.2) is 11.4 Å². The van der Waals surface area contributed by atoms with E-state index in [1.54, 1.807) is 17.4 Å². The summed E-state index contributed by atoms with van der Waals surface area (Å²) in [4.78, 5) is 12.0. The molecule has 4 heteroatoms. The molecule has 3 nitrogen and oxygen atoms in total. The Morgan fingerprint density at radius 2 is 2.36 bits per heavy atom. The maximum atomic E-state index is 10.9. The van der Waals surface area contributed by atoms with Gasteiger partial charge in [0.05, 0.1) is 0 Å². The molecule has 1 N–H and O–H groups in total. The number of aromatic nitrogens is 1. The van der Waals surface area contributed by atoms with Crippen LogP contribution in [0.5, 0.6) is 0 Å². The third kappa shape index (κ3) is 1.14. The highest BCUT2D eigenvalue weighted by Crippen LogP contribution is 2.28. The van der Waals surface area contributed by atoms with Crippen LogP contribution in [0.2, 0.25) is 0 Å². The number of carbonyl (C=O) groups is 1. The summed E-state index contributed by atoms with van der Waals surface area (Å²) in [5.74, 6) is -0.852. The van der Waals surface area contributed by atoms with Gasteiger partial charge in [0, 0.05) is 11.9 Å². The lowest BCUT2D eigenvalue weighted by atomic mass is 10.2. The van der Waals surface area contributed by atoms with E-state index in [0.717, 1.165) is 15.8 Å². The van der Waals surface area contributed by atoms with Crippen LogP contribution in [-0.2, 0) is 6.54 Å². The van der Waals surface area contributed by atoms with Crippen LogP contribution >= 0.6 is 11.3 Å². The van der Waals surface area contributed by atoms with Crippen molar-refractivity contribution in [2.24, 2.45) is 0 Å². The lowest BCUT2D eigenvalue weighted by molar-refractivity contribution is 0.0686. The maximum Gasteiger partial charge on any atom is 0.352 e. The van der Waals surface area contributed by atoms with Crippen molar-refractivity contribution in [2.45, 2.75) is 20.4 Å². The molecule has 0 radical (unpaired) electrons. The number of hydrogen-bond donors (Lipinski definition) is 1. The molecule has 0 aliphatic carbocycles. The summed E-state index contributed by atoms with van der Waals surface area (Å²) in [6.45, 7) is 4.66. The molecule has 14 heavy (non-hydrogen) atoms. The number of carboxylic acids is 1. The summed E-state index contributed by atoms with van der Waals surface area (Å²) in [5.41, 5.74) is 1.54. The summed E-state index contributed by atoms with van der Waals surface area (Å²) in [6, 6.07) is 1.76. The minimum absolute atomic E-state index is 0.387. The normalized spacial score (nSPS) is 11.0.